The van der Waals surface area contributed by atoms with Gasteiger partial charge in [0.25, 0.3) is 0 Å². The van der Waals surface area contributed by atoms with Gasteiger partial charge in [-0.3, -0.25) is 0 Å². The third-order valence-electron chi connectivity index (χ3n) is 0.322. The van der Waals surface area contributed by atoms with Gasteiger partial charge in [0.1, 0.15) is 0 Å². The van der Waals surface area contributed by atoms with Gasteiger partial charge in [0.15, 0.2) is 0 Å². The van der Waals surface area contributed by atoms with Crippen LogP contribution in [0.2, 0.25) is 0 Å². The SMILES string of the molecule is CCC=[C]N. The second kappa shape index (κ2) is 3.54. The van der Waals surface area contributed by atoms with Gasteiger partial charge in [-0.05, 0) is 6.42 Å². The molecule has 0 spiro atoms. The van der Waals surface area contributed by atoms with Gasteiger partial charge in [0.2, 0.25) is 0 Å². The standard InChI is InChI=1S/C4H8N/c1-2-3-4-5/h3H,2,5H2,1H3. The van der Waals surface area contributed by atoms with Gasteiger partial charge in [-0.1, -0.05) is 13.0 Å². The molecule has 0 fully saturated rings. The summed E-state index contributed by atoms with van der Waals surface area (Å²) in [6.07, 6.45) is 5.15. The van der Waals surface area contributed by atoms with E-state index in [2.05, 4.69) is 6.20 Å². The fourth-order valence-corrected chi connectivity index (χ4v) is 0.118. The summed E-state index contributed by atoms with van der Waals surface area (Å²) in [4.78, 5) is 0. The van der Waals surface area contributed by atoms with Crippen LogP contribution < -0.4 is 5.73 Å². The Hall–Kier alpha value is -0.460. The van der Waals surface area contributed by atoms with Gasteiger partial charge < -0.3 is 5.73 Å². The molecule has 0 atom stereocenters. The van der Waals surface area contributed by atoms with E-state index >= 15 is 0 Å². The van der Waals surface area contributed by atoms with Crippen LogP contribution in [0.15, 0.2) is 6.08 Å². The van der Waals surface area contributed by atoms with Crippen LogP contribution in [0.5, 0.6) is 0 Å². The van der Waals surface area contributed by atoms with Crippen molar-refractivity contribution in [2.24, 2.45) is 5.73 Å². The molecule has 2 N–H and O–H groups in total. The minimum atomic E-state index is 0.983. The summed E-state index contributed by atoms with van der Waals surface area (Å²) in [6, 6.07) is 0. The van der Waals surface area contributed by atoms with Gasteiger partial charge in [0, 0.05) is 0 Å². The van der Waals surface area contributed by atoms with Crippen molar-refractivity contribution in [1.82, 2.24) is 0 Å². The molecule has 1 nitrogen and oxygen atoms in total. The summed E-state index contributed by atoms with van der Waals surface area (Å²) in [6.45, 7) is 2.01. The first-order chi connectivity index (χ1) is 2.41. The van der Waals surface area contributed by atoms with Crippen molar-refractivity contribution in [3.05, 3.63) is 12.3 Å². The highest BCUT2D eigenvalue weighted by Crippen LogP contribution is 1.69. The van der Waals surface area contributed by atoms with Crippen LogP contribution in [0.1, 0.15) is 13.3 Å². The Kier molecular flexibility index (Phi) is 3.21. The summed E-state index contributed by atoms with van der Waals surface area (Å²) in [5.41, 5.74) is 4.83. The van der Waals surface area contributed by atoms with Gasteiger partial charge in [-0.15, -0.1) is 0 Å². The van der Waals surface area contributed by atoms with E-state index in [9.17, 15) is 0 Å². The molecule has 0 saturated carbocycles. The molecule has 0 saturated heterocycles. The van der Waals surface area contributed by atoms with Crippen molar-refractivity contribution >= 4 is 0 Å². The summed E-state index contributed by atoms with van der Waals surface area (Å²) in [5, 5.41) is 0. The zero-order valence-electron chi connectivity index (χ0n) is 3.36. The second-order valence-electron chi connectivity index (χ2n) is 0.779. The molecule has 0 heterocycles. The van der Waals surface area contributed by atoms with Gasteiger partial charge in [-0.2, -0.15) is 0 Å². The van der Waals surface area contributed by atoms with Crippen molar-refractivity contribution in [2.75, 3.05) is 0 Å². The maximum Gasteiger partial charge on any atom is 0.0503 e. The lowest BCUT2D eigenvalue weighted by Gasteiger charge is -1.64. The first kappa shape index (κ1) is 4.54. The molecule has 0 aliphatic rings. The molecule has 0 aliphatic carbocycles. The maximum absolute atomic E-state index is 4.83. The number of nitrogens with two attached hydrogens (primary N) is 1. The highest BCUT2D eigenvalue weighted by atomic mass is 14.5. The quantitative estimate of drug-likeness (QED) is 0.451. The van der Waals surface area contributed by atoms with Crippen LogP contribution in [0.4, 0.5) is 0 Å². The topological polar surface area (TPSA) is 26.0 Å². The predicted octanol–water partition coefficient (Wildman–Crippen LogP) is 0.672. The molecule has 0 aromatic rings. The first-order valence-corrected chi connectivity index (χ1v) is 1.69. The summed E-state index contributed by atoms with van der Waals surface area (Å²) >= 11 is 0. The average molecular weight is 70.1 g/mol. The monoisotopic (exact) mass is 70.1 g/mol. The third kappa shape index (κ3) is 3.54. The maximum atomic E-state index is 4.83. The van der Waals surface area contributed by atoms with E-state index in [1.54, 1.807) is 6.08 Å². The highest BCUT2D eigenvalue weighted by Gasteiger charge is 1.53. The summed E-state index contributed by atoms with van der Waals surface area (Å²) in [7, 11) is 0. The third-order valence-corrected chi connectivity index (χ3v) is 0.322. The number of hydrogen-bond acceptors (Lipinski definition) is 1. The molecule has 0 aromatic heterocycles. The Morgan fingerprint density at radius 1 is 2.00 bits per heavy atom. The number of hydrogen-bond donors (Lipinski definition) is 1. The van der Waals surface area contributed by atoms with Gasteiger partial charge in [0.05, 0.1) is 6.20 Å². The Balaban J connectivity index is 2.62. The fourth-order valence-electron chi connectivity index (χ4n) is 0.118. The lowest BCUT2D eigenvalue weighted by atomic mass is 10.5. The van der Waals surface area contributed by atoms with E-state index in [4.69, 9.17) is 5.73 Å². The van der Waals surface area contributed by atoms with Crippen molar-refractivity contribution in [3.63, 3.8) is 0 Å². The lowest BCUT2D eigenvalue weighted by molar-refractivity contribution is 1.20. The van der Waals surface area contributed by atoms with Crippen LogP contribution in [0.3, 0.4) is 0 Å². The molecular formula is C4H8N. The number of rotatable bonds is 1. The molecular weight excluding hydrogens is 62.1 g/mol. The van der Waals surface area contributed by atoms with Crippen molar-refractivity contribution in [1.29, 1.82) is 0 Å². The molecule has 1 heteroatoms. The zero-order valence-corrected chi connectivity index (χ0v) is 3.36. The molecule has 0 aliphatic heterocycles. The first-order valence-electron chi connectivity index (χ1n) is 1.69. The fraction of sp³-hybridized carbons (Fsp3) is 0.500. The molecule has 0 aromatic carbocycles. The second-order valence-corrected chi connectivity index (χ2v) is 0.779. The van der Waals surface area contributed by atoms with Crippen molar-refractivity contribution < 1.29 is 0 Å². The van der Waals surface area contributed by atoms with Crippen molar-refractivity contribution in [2.45, 2.75) is 13.3 Å². The van der Waals surface area contributed by atoms with E-state index in [1.165, 1.54) is 0 Å². The largest absolute Gasteiger partial charge is 0.397 e. The average Bonchev–Trinajstić information content (AvgIpc) is 1.41. The Labute approximate surface area is 32.5 Å². The van der Waals surface area contributed by atoms with Crippen LogP contribution in [0, 0.1) is 6.20 Å². The van der Waals surface area contributed by atoms with Gasteiger partial charge >= 0.3 is 0 Å². The Bertz CT molecular complexity index is 30.6. The molecule has 29 valence electrons. The number of allylic oxidation sites excluding steroid dienone is 1. The molecule has 0 amide bonds. The molecule has 1 radical (unpaired) electrons. The van der Waals surface area contributed by atoms with Crippen LogP contribution in [0.25, 0.3) is 0 Å². The Morgan fingerprint density at radius 3 is 2.60 bits per heavy atom. The normalized spacial score (nSPS) is 9.80. The smallest absolute Gasteiger partial charge is 0.0503 e. The van der Waals surface area contributed by atoms with Gasteiger partial charge in [-0.25, -0.2) is 0 Å². The van der Waals surface area contributed by atoms with E-state index < -0.39 is 0 Å². The zero-order chi connectivity index (χ0) is 4.12. The molecule has 0 unspecified atom stereocenters. The lowest BCUT2D eigenvalue weighted by Crippen LogP contribution is -1.74. The Morgan fingerprint density at radius 2 is 2.60 bits per heavy atom. The van der Waals surface area contributed by atoms with Crippen LogP contribution in [-0.4, -0.2) is 0 Å². The predicted molar refractivity (Wildman–Crippen MR) is 22.3 cm³/mol. The van der Waals surface area contributed by atoms with E-state index in [1.807, 2.05) is 6.92 Å². The summed E-state index contributed by atoms with van der Waals surface area (Å²) < 4.78 is 0. The van der Waals surface area contributed by atoms with E-state index in [-0.39, 0.29) is 0 Å². The molecule has 0 bridgehead atoms. The summed E-state index contributed by atoms with van der Waals surface area (Å²) in [5.74, 6) is 0. The van der Waals surface area contributed by atoms with E-state index in [0.29, 0.717) is 0 Å². The van der Waals surface area contributed by atoms with Crippen LogP contribution >= 0.6 is 0 Å². The minimum Gasteiger partial charge on any atom is -0.397 e. The van der Waals surface area contributed by atoms with Crippen molar-refractivity contribution in [3.8, 4) is 0 Å². The molecule has 5 heavy (non-hydrogen) atoms. The highest BCUT2D eigenvalue weighted by molar-refractivity contribution is 4.63. The minimum absolute atomic E-state index is 0.983. The van der Waals surface area contributed by atoms with E-state index in [0.717, 1.165) is 6.42 Å². The van der Waals surface area contributed by atoms with Crippen LogP contribution in [-0.2, 0) is 0 Å². The molecule has 0 rings (SSSR count).